The van der Waals surface area contributed by atoms with Crippen LogP contribution in [0.15, 0.2) is 30.6 Å². The molecule has 0 aliphatic carbocycles. The molecule has 2 rings (SSSR count). The molecular formula is C16H23N3O. The number of ether oxygens (including phenoxy) is 1. The minimum atomic E-state index is 0.226. The van der Waals surface area contributed by atoms with Gasteiger partial charge in [-0.3, -0.25) is 4.68 Å². The summed E-state index contributed by atoms with van der Waals surface area (Å²) in [6.45, 7) is 7.06. The number of hydrogen-bond donors (Lipinski definition) is 1. The smallest absolute Gasteiger partial charge is 0.165 e. The summed E-state index contributed by atoms with van der Waals surface area (Å²) in [6.07, 6.45) is 5.54. The number of nitrogens with two attached hydrogens (primary N) is 1. The molecule has 0 bridgehead atoms. The Labute approximate surface area is 120 Å². The third kappa shape index (κ3) is 3.61. The molecule has 1 atom stereocenters. The lowest BCUT2D eigenvalue weighted by Gasteiger charge is -2.12. The maximum Gasteiger partial charge on any atom is 0.165 e. The van der Waals surface area contributed by atoms with Crippen molar-refractivity contribution < 1.29 is 4.74 Å². The molecular weight excluding hydrogens is 250 g/mol. The summed E-state index contributed by atoms with van der Waals surface area (Å²) in [5, 5.41) is 4.20. The van der Waals surface area contributed by atoms with Crippen LogP contribution in [0.2, 0.25) is 0 Å². The predicted octanol–water partition coefficient (Wildman–Crippen LogP) is 3.28. The van der Waals surface area contributed by atoms with Crippen molar-refractivity contribution in [3.05, 3.63) is 41.7 Å². The van der Waals surface area contributed by atoms with Gasteiger partial charge in [0.2, 0.25) is 0 Å². The van der Waals surface area contributed by atoms with E-state index in [1.54, 1.807) is 6.20 Å². The second-order valence-corrected chi connectivity index (χ2v) is 5.11. The molecule has 4 heteroatoms. The maximum absolute atomic E-state index is 5.99. The zero-order valence-electron chi connectivity index (χ0n) is 12.5. The van der Waals surface area contributed by atoms with Crippen LogP contribution in [0.25, 0.3) is 0 Å². The predicted molar refractivity (Wildman–Crippen MR) is 81.1 cm³/mol. The van der Waals surface area contributed by atoms with E-state index in [9.17, 15) is 0 Å². The first kappa shape index (κ1) is 14.6. The van der Waals surface area contributed by atoms with Gasteiger partial charge in [-0.2, -0.15) is 5.10 Å². The van der Waals surface area contributed by atoms with Gasteiger partial charge in [-0.25, -0.2) is 0 Å². The van der Waals surface area contributed by atoms with Gasteiger partial charge >= 0.3 is 0 Å². The molecule has 0 saturated heterocycles. The molecule has 1 aromatic carbocycles. The Kier molecular flexibility index (Phi) is 4.79. The number of benzene rings is 1. The largest absolute Gasteiger partial charge is 0.454 e. The zero-order chi connectivity index (χ0) is 14.5. The summed E-state index contributed by atoms with van der Waals surface area (Å²) in [6, 6.07) is 6.47. The molecule has 0 aliphatic rings. The summed E-state index contributed by atoms with van der Waals surface area (Å²) < 4.78 is 7.71. The molecule has 0 radical (unpaired) electrons. The lowest BCUT2D eigenvalue weighted by molar-refractivity contribution is 0.477. The number of aromatic nitrogens is 2. The Morgan fingerprint density at radius 2 is 2.15 bits per heavy atom. The molecule has 1 heterocycles. The van der Waals surface area contributed by atoms with Crippen molar-refractivity contribution in [2.45, 2.75) is 46.2 Å². The van der Waals surface area contributed by atoms with Crippen LogP contribution in [0, 0.1) is 6.92 Å². The number of rotatable bonds is 6. The van der Waals surface area contributed by atoms with E-state index in [0.717, 1.165) is 36.4 Å². The zero-order valence-corrected chi connectivity index (χ0v) is 12.5. The summed E-state index contributed by atoms with van der Waals surface area (Å²) in [5.41, 5.74) is 8.37. The molecule has 0 saturated carbocycles. The van der Waals surface area contributed by atoms with Gasteiger partial charge < -0.3 is 10.5 Å². The second-order valence-electron chi connectivity index (χ2n) is 5.11. The highest BCUT2D eigenvalue weighted by atomic mass is 16.5. The average Bonchev–Trinajstić information content (AvgIpc) is 2.89. The molecule has 2 aromatic rings. The lowest BCUT2D eigenvalue weighted by atomic mass is 10.0. The Morgan fingerprint density at radius 1 is 1.35 bits per heavy atom. The Bertz CT molecular complexity index is 563. The topological polar surface area (TPSA) is 53.1 Å². The molecule has 1 unspecified atom stereocenters. The van der Waals surface area contributed by atoms with Gasteiger partial charge in [0.25, 0.3) is 0 Å². The van der Waals surface area contributed by atoms with E-state index in [1.807, 2.05) is 23.9 Å². The van der Waals surface area contributed by atoms with Crippen molar-refractivity contribution in [2.24, 2.45) is 5.73 Å². The van der Waals surface area contributed by atoms with Crippen LogP contribution in [0.5, 0.6) is 11.5 Å². The third-order valence-electron chi connectivity index (χ3n) is 3.42. The highest BCUT2D eigenvalue weighted by Crippen LogP contribution is 2.25. The van der Waals surface area contributed by atoms with Crippen LogP contribution >= 0.6 is 0 Å². The molecule has 108 valence electrons. The van der Waals surface area contributed by atoms with Gasteiger partial charge in [0.15, 0.2) is 5.75 Å². The van der Waals surface area contributed by atoms with Crippen molar-refractivity contribution in [3.8, 4) is 11.5 Å². The van der Waals surface area contributed by atoms with Crippen molar-refractivity contribution in [2.75, 3.05) is 0 Å². The Balaban J connectivity index is 2.09. The van der Waals surface area contributed by atoms with E-state index >= 15 is 0 Å². The van der Waals surface area contributed by atoms with Crippen LogP contribution in [0.1, 0.15) is 31.4 Å². The van der Waals surface area contributed by atoms with E-state index in [0.29, 0.717) is 0 Å². The fourth-order valence-corrected chi connectivity index (χ4v) is 2.10. The molecule has 0 aliphatic heterocycles. The van der Waals surface area contributed by atoms with Crippen molar-refractivity contribution in [1.82, 2.24) is 9.78 Å². The van der Waals surface area contributed by atoms with Gasteiger partial charge in [-0.05, 0) is 43.9 Å². The van der Waals surface area contributed by atoms with E-state index in [1.165, 1.54) is 5.56 Å². The molecule has 0 spiro atoms. The standard InChI is InChI=1S/C16H23N3O/c1-4-14(17)9-13-6-7-16(12(3)8-13)20-15-10-18-19(5-2)11-15/h6-8,10-11,14H,4-5,9,17H2,1-3H3. The summed E-state index contributed by atoms with van der Waals surface area (Å²) in [7, 11) is 0. The summed E-state index contributed by atoms with van der Waals surface area (Å²) in [4.78, 5) is 0. The Hall–Kier alpha value is -1.81. The summed E-state index contributed by atoms with van der Waals surface area (Å²) >= 11 is 0. The molecule has 2 N–H and O–H groups in total. The highest BCUT2D eigenvalue weighted by molar-refractivity contribution is 5.39. The fourth-order valence-electron chi connectivity index (χ4n) is 2.10. The highest BCUT2D eigenvalue weighted by Gasteiger charge is 2.07. The van der Waals surface area contributed by atoms with E-state index < -0.39 is 0 Å². The van der Waals surface area contributed by atoms with Crippen LogP contribution < -0.4 is 10.5 Å². The number of aryl methyl sites for hydroxylation is 2. The summed E-state index contributed by atoms with van der Waals surface area (Å²) in [5.74, 6) is 1.64. The first-order chi connectivity index (χ1) is 9.62. The van der Waals surface area contributed by atoms with E-state index in [-0.39, 0.29) is 6.04 Å². The first-order valence-corrected chi connectivity index (χ1v) is 7.17. The van der Waals surface area contributed by atoms with Crippen LogP contribution in [0.4, 0.5) is 0 Å². The van der Waals surface area contributed by atoms with Gasteiger partial charge in [-0.15, -0.1) is 0 Å². The van der Waals surface area contributed by atoms with Gasteiger partial charge in [-0.1, -0.05) is 19.1 Å². The van der Waals surface area contributed by atoms with Gasteiger partial charge in [0, 0.05) is 12.6 Å². The molecule has 4 nitrogen and oxygen atoms in total. The van der Waals surface area contributed by atoms with Gasteiger partial charge in [0.1, 0.15) is 5.75 Å². The normalized spacial score (nSPS) is 12.4. The van der Waals surface area contributed by atoms with Crippen molar-refractivity contribution >= 4 is 0 Å². The SMILES string of the molecule is CCC(N)Cc1ccc(Oc2cnn(CC)c2)c(C)c1. The molecule has 1 aromatic heterocycles. The number of nitrogens with zero attached hydrogens (tertiary/aromatic N) is 2. The molecule has 20 heavy (non-hydrogen) atoms. The Morgan fingerprint density at radius 3 is 2.75 bits per heavy atom. The molecule has 0 amide bonds. The maximum atomic E-state index is 5.99. The van der Waals surface area contributed by atoms with Crippen LogP contribution in [0.3, 0.4) is 0 Å². The van der Waals surface area contributed by atoms with Crippen LogP contribution in [-0.2, 0) is 13.0 Å². The first-order valence-electron chi connectivity index (χ1n) is 7.17. The van der Waals surface area contributed by atoms with Crippen molar-refractivity contribution in [3.63, 3.8) is 0 Å². The van der Waals surface area contributed by atoms with E-state index in [4.69, 9.17) is 10.5 Å². The minimum Gasteiger partial charge on any atom is -0.454 e. The average molecular weight is 273 g/mol. The monoisotopic (exact) mass is 273 g/mol. The van der Waals surface area contributed by atoms with Crippen molar-refractivity contribution in [1.29, 1.82) is 0 Å². The second kappa shape index (κ2) is 6.57. The lowest BCUT2D eigenvalue weighted by Crippen LogP contribution is -2.21. The number of hydrogen-bond acceptors (Lipinski definition) is 3. The third-order valence-corrected chi connectivity index (χ3v) is 3.42. The minimum absolute atomic E-state index is 0.226. The van der Waals surface area contributed by atoms with Crippen LogP contribution in [-0.4, -0.2) is 15.8 Å². The van der Waals surface area contributed by atoms with E-state index in [2.05, 4.69) is 31.1 Å². The van der Waals surface area contributed by atoms with Gasteiger partial charge in [0.05, 0.1) is 12.4 Å². The fraction of sp³-hybridized carbons (Fsp3) is 0.438. The quantitative estimate of drug-likeness (QED) is 0.878. The molecule has 0 fully saturated rings.